The lowest BCUT2D eigenvalue weighted by atomic mass is 10.2. The fraction of sp³-hybridized carbons (Fsp3) is 1.00. The molecule has 0 aromatic rings. The zero-order valence-electron chi connectivity index (χ0n) is 8.18. The highest BCUT2D eigenvalue weighted by Gasteiger charge is 2.06. The Kier molecular flexibility index (Phi) is 6.28. The largest absolute Gasteiger partial charge is 0.314 e. The van der Waals surface area contributed by atoms with Crippen molar-refractivity contribution in [3.63, 3.8) is 0 Å². The van der Waals surface area contributed by atoms with Gasteiger partial charge in [-0.15, -0.1) is 0 Å². The summed E-state index contributed by atoms with van der Waals surface area (Å²) in [6, 6.07) is 0. The minimum atomic E-state index is -0.403. The molecule has 0 bridgehead atoms. The van der Waals surface area contributed by atoms with Gasteiger partial charge in [0.25, 0.3) is 0 Å². The second-order valence-electron chi connectivity index (χ2n) is 3.70. The maximum atomic E-state index is 7.90. The Morgan fingerprint density at radius 3 is 1.33 bits per heavy atom. The third-order valence-corrected chi connectivity index (χ3v) is 1.23. The molecule has 0 radical (unpaired) electrons. The first-order chi connectivity index (χ1) is 5.56. The third-order valence-electron chi connectivity index (χ3n) is 1.23. The predicted molar refractivity (Wildman–Crippen MR) is 49.2 cm³/mol. The van der Waals surface area contributed by atoms with Gasteiger partial charge in [0.1, 0.15) is 0 Å². The Balaban J connectivity index is 0.000000202. The van der Waals surface area contributed by atoms with E-state index in [1.165, 1.54) is 0 Å². The molecule has 0 unspecified atom stereocenters. The van der Waals surface area contributed by atoms with Gasteiger partial charge in [0.2, 0.25) is 0 Å². The molecule has 0 aromatic heterocycles. The van der Waals surface area contributed by atoms with Gasteiger partial charge < -0.3 is 10.6 Å². The first-order valence-electron chi connectivity index (χ1n) is 4.30. The second kappa shape index (κ2) is 6.37. The molecular weight excluding hydrogens is 156 g/mol. The number of hydrogen-bond donors (Lipinski definition) is 3. The van der Waals surface area contributed by atoms with Gasteiger partial charge in [-0.3, -0.25) is 5.26 Å². The van der Waals surface area contributed by atoms with Gasteiger partial charge in [-0.2, -0.15) is 0 Å². The van der Waals surface area contributed by atoms with Crippen molar-refractivity contribution in [2.24, 2.45) is 0 Å². The topological polar surface area (TPSA) is 53.5 Å². The molecule has 1 saturated heterocycles. The van der Waals surface area contributed by atoms with E-state index in [1.807, 2.05) is 0 Å². The summed E-state index contributed by atoms with van der Waals surface area (Å²) < 4.78 is 0. The van der Waals surface area contributed by atoms with Crippen molar-refractivity contribution in [1.29, 1.82) is 0 Å². The van der Waals surface area contributed by atoms with E-state index < -0.39 is 5.60 Å². The molecule has 4 heteroatoms. The van der Waals surface area contributed by atoms with Crippen LogP contribution in [0.3, 0.4) is 0 Å². The average Bonchev–Trinajstić information content (AvgIpc) is 2.07. The first-order valence-corrected chi connectivity index (χ1v) is 4.30. The second-order valence-corrected chi connectivity index (χ2v) is 3.70. The molecule has 1 aliphatic heterocycles. The number of rotatable bonds is 0. The van der Waals surface area contributed by atoms with Crippen LogP contribution in [0.25, 0.3) is 0 Å². The van der Waals surface area contributed by atoms with Crippen LogP contribution in [0.1, 0.15) is 20.8 Å². The lowest BCUT2D eigenvalue weighted by Gasteiger charge is -2.11. The number of nitrogens with one attached hydrogen (secondary N) is 2. The molecule has 1 rings (SSSR count). The third kappa shape index (κ3) is 9.84. The van der Waals surface area contributed by atoms with Crippen LogP contribution in [0.4, 0.5) is 0 Å². The molecule has 1 fully saturated rings. The highest BCUT2D eigenvalue weighted by Crippen LogP contribution is 2.01. The SMILES string of the molecule is C1CNCCN1.CC(C)(C)OO. The van der Waals surface area contributed by atoms with Crippen LogP contribution in [0.2, 0.25) is 0 Å². The Bertz CT molecular complexity index is 86.2. The van der Waals surface area contributed by atoms with Crippen molar-refractivity contribution >= 4 is 0 Å². The maximum Gasteiger partial charge on any atom is 0.0949 e. The monoisotopic (exact) mass is 176 g/mol. The lowest BCUT2D eigenvalue weighted by Crippen LogP contribution is -2.39. The molecular formula is C8H20N2O2. The van der Waals surface area contributed by atoms with Gasteiger partial charge in [0.05, 0.1) is 5.60 Å². The standard InChI is InChI=1S/C4H10N2.C4H10O2/c1-2-6-4-3-5-1;1-4(2,3)6-5/h5-6H,1-4H2;5H,1-3H3. The number of hydrogen-bond acceptors (Lipinski definition) is 4. The Labute approximate surface area is 74.2 Å². The zero-order chi connectivity index (χ0) is 9.45. The van der Waals surface area contributed by atoms with Crippen molar-refractivity contribution in [2.45, 2.75) is 26.4 Å². The van der Waals surface area contributed by atoms with E-state index in [1.54, 1.807) is 20.8 Å². The summed E-state index contributed by atoms with van der Waals surface area (Å²) in [5, 5.41) is 14.3. The van der Waals surface area contributed by atoms with Crippen LogP contribution >= 0.6 is 0 Å². The lowest BCUT2D eigenvalue weighted by molar-refractivity contribution is -0.306. The molecule has 3 N–H and O–H groups in total. The van der Waals surface area contributed by atoms with Gasteiger partial charge >= 0.3 is 0 Å². The molecule has 0 atom stereocenters. The quantitative estimate of drug-likeness (QED) is 0.370. The minimum absolute atomic E-state index is 0.403. The van der Waals surface area contributed by atoms with Gasteiger partial charge in [0.15, 0.2) is 0 Å². The van der Waals surface area contributed by atoms with Crippen LogP contribution in [-0.4, -0.2) is 37.0 Å². The highest BCUT2D eigenvalue weighted by molar-refractivity contribution is 4.59. The summed E-state index contributed by atoms with van der Waals surface area (Å²) in [5.74, 6) is 0. The molecule has 0 spiro atoms. The summed E-state index contributed by atoms with van der Waals surface area (Å²) in [6.07, 6.45) is 0. The zero-order valence-corrected chi connectivity index (χ0v) is 8.18. The molecule has 1 aliphatic rings. The molecule has 0 saturated carbocycles. The summed E-state index contributed by atoms with van der Waals surface area (Å²) in [7, 11) is 0. The van der Waals surface area contributed by atoms with E-state index in [-0.39, 0.29) is 0 Å². The fourth-order valence-electron chi connectivity index (χ4n) is 0.604. The summed E-state index contributed by atoms with van der Waals surface area (Å²) in [6.45, 7) is 9.87. The molecule has 0 amide bonds. The first kappa shape index (κ1) is 11.8. The van der Waals surface area contributed by atoms with E-state index in [0.29, 0.717) is 0 Å². The van der Waals surface area contributed by atoms with Gasteiger partial charge in [-0.1, -0.05) is 0 Å². The maximum absolute atomic E-state index is 7.90. The van der Waals surface area contributed by atoms with E-state index in [4.69, 9.17) is 5.26 Å². The van der Waals surface area contributed by atoms with Crippen LogP contribution < -0.4 is 10.6 Å². The van der Waals surface area contributed by atoms with Gasteiger partial charge in [0, 0.05) is 26.2 Å². The molecule has 12 heavy (non-hydrogen) atoms. The van der Waals surface area contributed by atoms with Crippen LogP contribution in [0.5, 0.6) is 0 Å². The smallest absolute Gasteiger partial charge is 0.0949 e. The highest BCUT2D eigenvalue weighted by atomic mass is 17.1. The van der Waals surface area contributed by atoms with E-state index in [2.05, 4.69) is 15.5 Å². The van der Waals surface area contributed by atoms with Crippen molar-refractivity contribution < 1.29 is 10.1 Å². The van der Waals surface area contributed by atoms with Crippen molar-refractivity contribution in [2.75, 3.05) is 26.2 Å². The van der Waals surface area contributed by atoms with Crippen molar-refractivity contribution in [3.8, 4) is 0 Å². The normalized spacial score (nSPS) is 18.0. The Morgan fingerprint density at radius 1 is 1.00 bits per heavy atom. The number of piperazine rings is 1. The van der Waals surface area contributed by atoms with Crippen LogP contribution in [0, 0.1) is 0 Å². The predicted octanol–water partition coefficient (Wildman–Crippen LogP) is 0.454. The summed E-state index contributed by atoms with van der Waals surface area (Å²) in [4.78, 5) is 3.94. The van der Waals surface area contributed by atoms with Crippen LogP contribution in [0.15, 0.2) is 0 Å². The van der Waals surface area contributed by atoms with Crippen LogP contribution in [-0.2, 0) is 4.89 Å². The molecule has 4 nitrogen and oxygen atoms in total. The summed E-state index contributed by atoms with van der Waals surface area (Å²) in [5.41, 5.74) is -0.403. The van der Waals surface area contributed by atoms with Gasteiger partial charge in [-0.25, -0.2) is 4.89 Å². The Hall–Kier alpha value is -0.160. The van der Waals surface area contributed by atoms with E-state index in [0.717, 1.165) is 26.2 Å². The van der Waals surface area contributed by atoms with Crippen molar-refractivity contribution in [3.05, 3.63) is 0 Å². The fourth-order valence-corrected chi connectivity index (χ4v) is 0.604. The molecule has 74 valence electrons. The summed E-state index contributed by atoms with van der Waals surface area (Å²) >= 11 is 0. The molecule has 0 aromatic carbocycles. The average molecular weight is 176 g/mol. The van der Waals surface area contributed by atoms with E-state index >= 15 is 0 Å². The molecule has 1 heterocycles. The van der Waals surface area contributed by atoms with Crippen molar-refractivity contribution in [1.82, 2.24) is 10.6 Å². The minimum Gasteiger partial charge on any atom is -0.314 e. The Morgan fingerprint density at radius 2 is 1.25 bits per heavy atom. The molecule has 0 aliphatic carbocycles. The van der Waals surface area contributed by atoms with Gasteiger partial charge in [-0.05, 0) is 20.8 Å². The van der Waals surface area contributed by atoms with E-state index in [9.17, 15) is 0 Å².